The van der Waals surface area contributed by atoms with Crippen LogP contribution in [0, 0.1) is 25.7 Å². The Morgan fingerprint density at radius 2 is 1.93 bits per heavy atom. The Kier molecular flexibility index (Phi) is 7.54. The molecule has 3 rings (SSSR count). The highest BCUT2D eigenvalue weighted by Gasteiger charge is 2.30. The van der Waals surface area contributed by atoms with E-state index in [2.05, 4.69) is 51.1 Å². The minimum atomic E-state index is -0.000108. The second-order valence-corrected chi connectivity index (χ2v) is 8.92. The van der Waals surface area contributed by atoms with Gasteiger partial charge < -0.3 is 15.0 Å². The minimum Gasteiger partial charge on any atom is -0.492 e. The van der Waals surface area contributed by atoms with Gasteiger partial charge in [0.2, 0.25) is 5.91 Å². The molecule has 0 spiro atoms. The molecule has 0 aromatic heterocycles. The minimum absolute atomic E-state index is 0.000108. The summed E-state index contributed by atoms with van der Waals surface area (Å²) in [6.07, 6.45) is 3.06. The Bertz CT molecular complexity index is 861. The van der Waals surface area contributed by atoms with Crippen LogP contribution >= 0.6 is 0 Å². The van der Waals surface area contributed by atoms with Crippen LogP contribution in [0.4, 0.5) is 0 Å². The van der Waals surface area contributed by atoms with E-state index in [0.29, 0.717) is 19.1 Å². The van der Waals surface area contributed by atoms with Crippen molar-refractivity contribution in [3.05, 3.63) is 64.2 Å². The fourth-order valence-corrected chi connectivity index (χ4v) is 4.40. The van der Waals surface area contributed by atoms with Gasteiger partial charge in [-0.25, -0.2) is 0 Å². The zero-order valence-corrected chi connectivity index (χ0v) is 19.1. The molecular weight excluding hydrogens is 372 g/mol. The molecule has 0 heterocycles. The Hall–Kier alpha value is -2.33. The first-order valence-corrected chi connectivity index (χ1v) is 11.1. The Labute approximate surface area is 181 Å². The number of nitrogens with zero attached hydrogens (tertiary/aromatic N) is 1. The number of rotatable bonds is 8. The Morgan fingerprint density at radius 1 is 1.20 bits per heavy atom. The molecule has 4 heteroatoms. The molecule has 1 N–H and O–H groups in total. The van der Waals surface area contributed by atoms with Gasteiger partial charge in [0.05, 0.1) is 0 Å². The fraction of sp³-hybridized carbons (Fsp3) is 0.500. The number of carbonyl (C=O) groups excluding carboxylic acids is 1. The summed E-state index contributed by atoms with van der Waals surface area (Å²) in [7, 11) is 4.12. The summed E-state index contributed by atoms with van der Waals surface area (Å²) in [5.41, 5.74) is 6.55. The number of fused-ring (bicyclic) bond motifs is 1. The third-order valence-electron chi connectivity index (χ3n) is 6.47. The van der Waals surface area contributed by atoms with Gasteiger partial charge in [-0.2, -0.15) is 0 Å². The highest BCUT2D eigenvalue weighted by molar-refractivity contribution is 5.78. The predicted molar refractivity (Wildman–Crippen MR) is 123 cm³/mol. The van der Waals surface area contributed by atoms with Crippen molar-refractivity contribution < 1.29 is 9.53 Å². The van der Waals surface area contributed by atoms with Crippen molar-refractivity contribution in [3.63, 3.8) is 0 Å². The van der Waals surface area contributed by atoms with E-state index in [-0.39, 0.29) is 11.8 Å². The average Bonchev–Trinajstić information content (AvgIpc) is 2.75. The van der Waals surface area contributed by atoms with Gasteiger partial charge in [0.1, 0.15) is 12.4 Å². The lowest BCUT2D eigenvalue weighted by molar-refractivity contribution is -0.126. The Balaban J connectivity index is 1.67. The monoisotopic (exact) mass is 408 g/mol. The molecule has 1 aliphatic rings. The molecule has 2 aromatic rings. The lowest BCUT2D eigenvalue weighted by Crippen LogP contribution is -2.35. The van der Waals surface area contributed by atoms with Gasteiger partial charge in [-0.05, 0) is 87.0 Å². The molecule has 0 saturated carbocycles. The van der Waals surface area contributed by atoms with Crippen molar-refractivity contribution in [2.75, 3.05) is 27.2 Å². The van der Waals surface area contributed by atoms with Crippen LogP contribution in [0.2, 0.25) is 0 Å². The number of hydrogen-bond donors (Lipinski definition) is 1. The SMILES string of the molecule is Cc1cc(OCCN(C)C)c(C)c2c1CCC(C(C)C(=O)NCc1ccccc1)C2. The van der Waals surface area contributed by atoms with Crippen LogP contribution in [0.15, 0.2) is 36.4 Å². The molecule has 162 valence electrons. The quantitative estimate of drug-likeness (QED) is 0.708. The molecule has 0 radical (unpaired) electrons. The maximum atomic E-state index is 12.8. The van der Waals surface area contributed by atoms with Gasteiger partial charge in [-0.15, -0.1) is 0 Å². The van der Waals surface area contributed by atoms with Crippen LogP contribution in [0.25, 0.3) is 0 Å². The predicted octanol–water partition coefficient (Wildman–Crippen LogP) is 4.30. The summed E-state index contributed by atoms with van der Waals surface area (Å²) in [6, 6.07) is 12.3. The molecule has 2 aromatic carbocycles. The third-order valence-corrected chi connectivity index (χ3v) is 6.47. The van der Waals surface area contributed by atoms with Crippen molar-refractivity contribution >= 4 is 5.91 Å². The van der Waals surface area contributed by atoms with Gasteiger partial charge >= 0.3 is 0 Å². The molecule has 1 aliphatic carbocycles. The van der Waals surface area contributed by atoms with Crippen LogP contribution < -0.4 is 10.1 Å². The van der Waals surface area contributed by atoms with E-state index in [1.165, 1.54) is 22.3 Å². The van der Waals surface area contributed by atoms with Crippen molar-refractivity contribution in [1.29, 1.82) is 0 Å². The molecule has 1 amide bonds. The maximum absolute atomic E-state index is 12.8. The first-order chi connectivity index (χ1) is 14.4. The summed E-state index contributed by atoms with van der Waals surface area (Å²) in [4.78, 5) is 14.9. The van der Waals surface area contributed by atoms with Crippen molar-refractivity contribution in [2.24, 2.45) is 11.8 Å². The number of carbonyl (C=O) groups is 1. The maximum Gasteiger partial charge on any atom is 0.223 e. The van der Waals surface area contributed by atoms with E-state index in [0.717, 1.165) is 37.1 Å². The molecule has 2 unspecified atom stereocenters. The topological polar surface area (TPSA) is 41.6 Å². The highest BCUT2D eigenvalue weighted by atomic mass is 16.5. The largest absolute Gasteiger partial charge is 0.492 e. The smallest absolute Gasteiger partial charge is 0.223 e. The summed E-state index contributed by atoms with van der Waals surface area (Å²) < 4.78 is 6.10. The zero-order chi connectivity index (χ0) is 21.7. The van der Waals surface area contributed by atoms with E-state index in [4.69, 9.17) is 4.74 Å². The van der Waals surface area contributed by atoms with Gasteiger partial charge in [-0.1, -0.05) is 37.3 Å². The molecule has 0 aliphatic heterocycles. The van der Waals surface area contributed by atoms with Crippen molar-refractivity contribution in [2.45, 2.75) is 46.6 Å². The first kappa shape index (κ1) is 22.4. The van der Waals surface area contributed by atoms with E-state index < -0.39 is 0 Å². The molecular formula is C26H36N2O2. The van der Waals surface area contributed by atoms with Gasteiger partial charge in [0, 0.05) is 19.0 Å². The zero-order valence-electron chi connectivity index (χ0n) is 19.1. The Morgan fingerprint density at radius 3 is 2.63 bits per heavy atom. The van der Waals surface area contributed by atoms with Gasteiger partial charge in [0.15, 0.2) is 0 Å². The second kappa shape index (κ2) is 10.1. The van der Waals surface area contributed by atoms with E-state index in [9.17, 15) is 4.79 Å². The number of aryl methyl sites for hydroxylation is 1. The van der Waals surface area contributed by atoms with Gasteiger partial charge in [0.25, 0.3) is 0 Å². The highest BCUT2D eigenvalue weighted by Crippen LogP contribution is 2.37. The molecule has 0 saturated heterocycles. The number of ether oxygens (including phenoxy) is 1. The summed E-state index contributed by atoms with van der Waals surface area (Å²) in [6.45, 7) is 8.62. The molecule has 0 bridgehead atoms. The lowest BCUT2D eigenvalue weighted by atomic mass is 9.74. The standard InChI is InChI=1S/C26H36N2O2/c1-18-15-25(30-14-13-28(4)5)20(3)24-16-22(11-12-23(18)24)19(2)26(29)27-17-21-9-7-6-8-10-21/h6-10,15,19,22H,11-14,16-17H2,1-5H3,(H,27,29). The summed E-state index contributed by atoms with van der Waals surface area (Å²) in [5.74, 6) is 1.51. The number of nitrogens with one attached hydrogen (secondary N) is 1. The second-order valence-electron chi connectivity index (χ2n) is 8.92. The number of likely N-dealkylation sites (N-methyl/N-ethyl adjacent to an activating group) is 1. The normalized spacial score (nSPS) is 16.8. The molecule has 30 heavy (non-hydrogen) atoms. The van der Waals surface area contributed by atoms with Crippen LogP contribution in [0.1, 0.15) is 41.2 Å². The number of hydrogen-bond acceptors (Lipinski definition) is 3. The van der Waals surface area contributed by atoms with E-state index in [1.807, 2.05) is 30.3 Å². The van der Waals surface area contributed by atoms with E-state index >= 15 is 0 Å². The fourth-order valence-electron chi connectivity index (χ4n) is 4.40. The summed E-state index contributed by atoms with van der Waals surface area (Å²) >= 11 is 0. The van der Waals surface area contributed by atoms with Crippen LogP contribution in [0.3, 0.4) is 0 Å². The molecule has 0 fully saturated rings. The van der Waals surface area contributed by atoms with Crippen molar-refractivity contribution in [3.8, 4) is 5.75 Å². The van der Waals surface area contributed by atoms with Crippen LogP contribution in [0.5, 0.6) is 5.75 Å². The average molecular weight is 409 g/mol. The molecule has 4 nitrogen and oxygen atoms in total. The van der Waals surface area contributed by atoms with Crippen LogP contribution in [-0.4, -0.2) is 38.1 Å². The first-order valence-electron chi connectivity index (χ1n) is 11.1. The number of amides is 1. The molecule has 2 atom stereocenters. The van der Waals surface area contributed by atoms with Crippen molar-refractivity contribution in [1.82, 2.24) is 10.2 Å². The van der Waals surface area contributed by atoms with Crippen LogP contribution in [-0.2, 0) is 24.2 Å². The van der Waals surface area contributed by atoms with E-state index in [1.54, 1.807) is 0 Å². The lowest BCUT2D eigenvalue weighted by Gasteiger charge is -2.31. The van der Waals surface area contributed by atoms with Gasteiger partial charge in [-0.3, -0.25) is 4.79 Å². The summed E-state index contributed by atoms with van der Waals surface area (Å²) in [5, 5.41) is 3.13. The third kappa shape index (κ3) is 5.42. The number of benzene rings is 2.